The van der Waals surface area contributed by atoms with Gasteiger partial charge < -0.3 is 10.8 Å². The van der Waals surface area contributed by atoms with Crippen LogP contribution in [0.25, 0.3) is 0 Å². The first-order chi connectivity index (χ1) is 9.99. The maximum atomic E-state index is 11.0. The maximum Gasteiger partial charge on any atom is 0.352 e. The molecule has 2 aliphatic heterocycles. The van der Waals surface area contributed by atoms with Crippen LogP contribution < -0.4 is 5.73 Å². The molecule has 2 amide bonds. The van der Waals surface area contributed by atoms with E-state index >= 15 is 0 Å². The minimum absolute atomic E-state index is 0.0774. The third-order valence-corrected chi connectivity index (χ3v) is 4.88. The van der Waals surface area contributed by atoms with Gasteiger partial charge in [0, 0.05) is 10.6 Å². The number of fused-ring (bicyclic) bond motifs is 1. The summed E-state index contributed by atoms with van der Waals surface area (Å²) in [4.78, 5) is 34.3. The summed E-state index contributed by atoms with van der Waals surface area (Å²) in [7, 11) is 0. The lowest BCUT2D eigenvalue weighted by molar-refractivity contribution is -0.146. The normalized spacial score (nSPS) is 19.6. The molecule has 0 aromatic carbocycles. The summed E-state index contributed by atoms with van der Waals surface area (Å²) in [5.41, 5.74) is 5.10. The van der Waals surface area contributed by atoms with Gasteiger partial charge in [-0.25, -0.2) is 4.79 Å². The van der Waals surface area contributed by atoms with Crippen molar-refractivity contribution >= 4 is 40.9 Å². The highest BCUT2D eigenvalue weighted by Gasteiger charge is 2.42. The SMILES string of the molecule is NC(=O)Cc1cccs1.O=C(O)C1=CCS[C@H]2CC(=O)N12. The topological polar surface area (TPSA) is 101 Å². The lowest BCUT2D eigenvalue weighted by Gasteiger charge is -2.42. The van der Waals surface area contributed by atoms with Gasteiger partial charge in [-0.15, -0.1) is 23.1 Å². The Balaban J connectivity index is 0.000000161. The Morgan fingerprint density at radius 1 is 1.48 bits per heavy atom. The zero-order valence-corrected chi connectivity index (χ0v) is 12.7. The highest BCUT2D eigenvalue weighted by atomic mass is 32.2. The summed E-state index contributed by atoms with van der Waals surface area (Å²) in [6.07, 6.45) is 2.44. The number of primary amides is 1. The van der Waals surface area contributed by atoms with E-state index in [0.29, 0.717) is 18.6 Å². The van der Waals surface area contributed by atoms with Crippen LogP contribution in [-0.2, 0) is 20.8 Å². The van der Waals surface area contributed by atoms with Crippen molar-refractivity contribution in [3.63, 3.8) is 0 Å². The van der Waals surface area contributed by atoms with E-state index in [2.05, 4.69) is 0 Å². The summed E-state index contributed by atoms with van der Waals surface area (Å²) >= 11 is 3.15. The smallest absolute Gasteiger partial charge is 0.352 e. The number of nitrogens with zero attached hydrogens (tertiary/aromatic N) is 1. The number of hydrogen-bond acceptors (Lipinski definition) is 5. The Morgan fingerprint density at radius 2 is 2.24 bits per heavy atom. The Bertz CT molecular complexity index is 583. The number of thioether (sulfide) groups is 1. The van der Waals surface area contributed by atoms with Crippen molar-refractivity contribution in [3.05, 3.63) is 34.2 Å². The van der Waals surface area contributed by atoms with Crippen molar-refractivity contribution in [1.29, 1.82) is 0 Å². The minimum Gasteiger partial charge on any atom is -0.477 e. The van der Waals surface area contributed by atoms with E-state index in [1.165, 1.54) is 4.90 Å². The highest BCUT2D eigenvalue weighted by molar-refractivity contribution is 8.00. The van der Waals surface area contributed by atoms with Crippen LogP contribution in [0, 0.1) is 0 Å². The number of carboxylic acids is 1. The molecule has 3 N–H and O–H groups in total. The Kier molecular flexibility index (Phi) is 5.03. The monoisotopic (exact) mass is 326 g/mol. The van der Waals surface area contributed by atoms with Crippen molar-refractivity contribution in [2.75, 3.05) is 5.75 Å². The van der Waals surface area contributed by atoms with Gasteiger partial charge in [0.1, 0.15) is 5.70 Å². The number of rotatable bonds is 3. The lowest BCUT2D eigenvalue weighted by Crippen LogP contribution is -2.52. The summed E-state index contributed by atoms with van der Waals surface area (Å²) in [6, 6.07) is 3.80. The molecule has 0 radical (unpaired) electrons. The second kappa shape index (κ2) is 6.77. The van der Waals surface area contributed by atoms with Gasteiger partial charge in [0.2, 0.25) is 11.8 Å². The Labute approximate surface area is 129 Å². The Hall–Kier alpha value is -1.80. The number of carbonyl (C=O) groups is 3. The van der Waals surface area contributed by atoms with Crippen LogP contribution in [0.2, 0.25) is 0 Å². The van der Waals surface area contributed by atoms with E-state index in [1.54, 1.807) is 29.2 Å². The van der Waals surface area contributed by atoms with Gasteiger partial charge in [0.15, 0.2) is 0 Å². The van der Waals surface area contributed by atoms with Gasteiger partial charge in [0.25, 0.3) is 0 Å². The van der Waals surface area contributed by atoms with E-state index in [-0.39, 0.29) is 22.9 Å². The Morgan fingerprint density at radius 3 is 2.71 bits per heavy atom. The quantitative estimate of drug-likeness (QED) is 0.808. The first kappa shape index (κ1) is 15.6. The number of carboxylic acid groups (broad SMARTS) is 1. The van der Waals surface area contributed by atoms with E-state index in [1.807, 2.05) is 17.5 Å². The van der Waals surface area contributed by atoms with Gasteiger partial charge in [-0.05, 0) is 17.5 Å². The molecule has 1 fully saturated rings. The zero-order chi connectivity index (χ0) is 15.4. The van der Waals surface area contributed by atoms with E-state index in [0.717, 1.165) is 4.88 Å². The van der Waals surface area contributed by atoms with Crippen molar-refractivity contribution in [3.8, 4) is 0 Å². The molecule has 0 unspecified atom stereocenters. The van der Waals surface area contributed by atoms with Gasteiger partial charge in [0.05, 0.1) is 18.2 Å². The van der Waals surface area contributed by atoms with Crippen molar-refractivity contribution < 1.29 is 19.5 Å². The van der Waals surface area contributed by atoms with Crippen LogP contribution in [0.3, 0.4) is 0 Å². The highest BCUT2D eigenvalue weighted by Crippen LogP contribution is 2.36. The number of thiophene rings is 1. The third kappa shape index (κ3) is 3.85. The summed E-state index contributed by atoms with van der Waals surface area (Å²) in [5, 5.41) is 10.7. The molecule has 2 aliphatic rings. The van der Waals surface area contributed by atoms with E-state index < -0.39 is 5.97 Å². The number of carbonyl (C=O) groups excluding carboxylic acids is 2. The standard InChI is InChI=1S/C7H7NO3S.C6H7NOS/c9-5-3-6-8(5)4(7(10)11)1-2-12-6;7-6(8)4-5-2-1-3-9-5/h1,6H,2-3H2,(H,10,11);1-3H,4H2,(H2,7,8)/t6-;/m0./s1. The number of hydrogen-bond donors (Lipinski definition) is 2. The molecule has 1 saturated heterocycles. The average molecular weight is 326 g/mol. The van der Waals surface area contributed by atoms with Crippen LogP contribution in [0.5, 0.6) is 0 Å². The van der Waals surface area contributed by atoms with Crippen LogP contribution in [0.4, 0.5) is 0 Å². The molecule has 8 heteroatoms. The molecular weight excluding hydrogens is 312 g/mol. The lowest BCUT2D eigenvalue weighted by atomic mass is 10.1. The van der Waals surface area contributed by atoms with E-state index in [9.17, 15) is 14.4 Å². The van der Waals surface area contributed by atoms with Gasteiger partial charge in [-0.1, -0.05) is 6.07 Å². The van der Waals surface area contributed by atoms with Crippen LogP contribution >= 0.6 is 23.1 Å². The number of β-lactam (4-membered cyclic amide) rings is 1. The van der Waals surface area contributed by atoms with Gasteiger partial charge >= 0.3 is 5.97 Å². The molecule has 3 rings (SSSR count). The van der Waals surface area contributed by atoms with Gasteiger partial charge in [-0.2, -0.15) is 0 Å². The predicted octanol–water partition coefficient (Wildman–Crippen LogP) is 1.04. The number of nitrogens with two attached hydrogens (primary N) is 1. The fourth-order valence-corrected chi connectivity index (χ4v) is 3.75. The van der Waals surface area contributed by atoms with Gasteiger partial charge in [-0.3, -0.25) is 14.5 Å². The largest absolute Gasteiger partial charge is 0.477 e. The summed E-state index contributed by atoms with van der Waals surface area (Å²) < 4.78 is 0. The van der Waals surface area contributed by atoms with Crippen LogP contribution in [-0.4, -0.2) is 38.9 Å². The number of aliphatic carboxylic acids is 1. The van der Waals surface area contributed by atoms with E-state index in [4.69, 9.17) is 10.8 Å². The first-order valence-electron chi connectivity index (χ1n) is 6.17. The van der Waals surface area contributed by atoms with Crippen molar-refractivity contribution in [2.24, 2.45) is 5.73 Å². The molecule has 21 heavy (non-hydrogen) atoms. The average Bonchev–Trinajstić information content (AvgIpc) is 2.89. The fourth-order valence-electron chi connectivity index (χ4n) is 1.92. The minimum atomic E-state index is -1.01. The first-order valence-corrected chi connectivity index (χ1v) is 8.09. The second-order valence-corrected chi connectivity index (χ2v) is 6.62. The number of amides is 2. The fraction of sp³-hybridized carbons (Fsp3) is 0.308. The molecule has 6 nitrogen and oxygen atoms in total. The molecule has 0 bridgehead atoms. The predicted molar refractivity (Wildman–Crippen MR) is 80.6 cm³/mol. The molecule has 3 heterocycles. The van der Waals surface area contributed by atoms with Crippen LogP contribution in [0.15, 0.2) is 29.3 Å². The zero-order valence-electron chi connectivity index (χ0n) is 11.0. The third-order valence-electron chi connectivity index (χ3n) is 2.88. The van der Waals surface area contributed by atoms with Crippen molar-refractivity contribution in [1.82, 2.24) is 4.90 Å². The summed E-state index contributed by atoms with van der Waals surface area (Å²) in [6.45, 7) is 0. The molecule has 0 spiro atoms. The maximum absolute atomic E-state index is 11.0. The molecule has 1 aromatic heterocycles. The summed E-state index contributed by atoms with van der Waals surface area (Å²) in [5.74, 6) is -0.664. The van der Waals surface area contributed by atoms with Crippen molar-refractivity contribution in [2.45, 2.75) is 18.2 Å². The molecular formula is C13H14N2O4S2. The molecule has 0 saturated carbocycles. The molecule has 112 valence electrons. The second-order valence-electron chi connectivity index (χ2n) is 4.37. The molecule has 0 aliphatic carbocycles. The molecule has 1 atom stereocenters. The molecule has 1 aromatic rings. The van der Waals surface area contributed by atoms with Crippen LogP contribution in [0.1, 0.15) is 11.3 Å².